The van der Waals surface area contributed by atoms with Crippen LogP contribution < -0.4 is 10.3 Å². The number of methoxy groups -OCH3 is 1. The van der Waals surface area contributed by atoms with Crippen molar-refractivity contribution in [2.24, 2.45) is 0 Å². The lowest BCUT2D eigenvalue weighted by Crippen LogP contribution is -2.11. The molecule has 0 radical (unpaired) electrons. The Morgan fingerprint density at radius 2 is 1.85 bits per heavy atom. The third-order valence-corrected chi connectivity index (χ3v) is 5.05. The molecule has 0 aliphatic rings. The molecular weight excluding hydrogens is 351 g/mol. The zero-order chi connectivity index (χ0) is 18.1. The van der Waals surface area contributed by atoms with E-state index in [-0.39, 0.29) is 11.4 Å². The smallest absolute Gasteiger partial charge is 0.260 e. The molecule has 2 aromatic heterocycles. The van der Waals surface area contributed by atoms with E-state index in [9.17, 15) is 9.18 Å². The summed E-state index contributed by atoms with van der Waals surface area (Å²) in [5.41, 5.74) is 2.52. The summed E-state index contributed by atoms with van der Waals surface area (Å²) in [5.74, 6) is 1.05. The number of nitrogens with zero attached hydrogens (tertiary/aromatic N) is 1. The summed E-state index contributed by atoms with van der Waals surface area (Å²) in [6, 6.07) is 13.8. The van der Waals surface area contributed by atoms with Crippen molar-refractivity contribution in [1.29, 1.82) is 0 Å². The molecule has 0 unspecified atom stereocenters. The quantitative estimate of drug-likeness (QED) is 0.583. The predicted octanol–water partition coefficient (Wildman–Crippen LogP) is 4.39. The molecule has 2 aromatic carbocycles. The molecule has 4 nitrogen and oxygen atoms in total. The van der Waals surface area contributed by atoms with E-state index in [0.717, 1.165) is 22.4 Å². The normalized spacial score (nSPS) is 11.0. The number of hydrogen-bond donors (Lipinski definition) is 1. The van der Waals surface area contributed by atoms with Crippen molar-refractivity contribution in [3.8, 4) is 16.9 Å². The molecule has 0 amide bonds. The van der Waals surface area contributed by atoms with Crippen LogP contribution in [0.3, 0.4) is 0 Å². The van der Waals surface area contributed by atoms with Gasteiger partial charge in [-0.15, -0.1) is 11.3 Å². The van der Waals surface area contributed by atoms with E-state index < -0.39 is 0 Å². The Bertz CT molecular complexity index is 1120. The molecule has 2 heterocycles. The molecule has 0 atom stereocenters. The van der Waals surface area contributed by atoms with Crippen LogP contribution in [0.1, 0.15) is 11.4 Å². The number of benzene rings is 2. The van der Waals surface area contributed by atoms with Crippen LogP contribution in [0.15, 0.2) is 58.7 Å². The molecule has 26 heavy (non-hydrogen) atoms. The largest absolute Gasteiger partial charge is 0.497 e. The highest BCUT2D eigenvalue weighted by molar-refractivity contribution is 7.17. The van der Waals surface area contributed by atoms with Crippen molar-refractivity contribution in [2.45, 2.75) is 6.42 Å². The molecule has 0 bridgehead atoms. The first-order valence-corrected chi connectivity index (χ1v) is 8.91. The molecule has 0 fully saturated rings. The van der Waals surface area contributed by atoms with Gasteiger partial charge in [0.05, 0.1) is 12.5 Å². The van der Waals surface area contributed by atoms with Crippen LogP contribution in [-0.4, -0.2) is 17.1 Å². The second kappa shape index (κ2) is 6.72. The SMILES string of the molecule is COc1ccc(-c2csc3nc(Cc4ccc(F)cc4)[nH]c(=O)c23)cc1. The van der Waals surface area contributed by atoms with E-state index in [1.807, 2.05) is 29.6 Å². The van der Waals surface area contributed by atoms with Crippen molar-refractivity contribution < 1.29 is 9.13 Å². The van der Waals surface area contributed by atoms with Crippen molar-refractivity contribution in [3.63, 3.8) is 0 Å². The minimum atomic E-state index is -0.284. The number of aromatic amines is 1. The van der Waals surface area contributed by atoms with E-state index in [0.29, 0.717) is 22.5 Å². The molecule has 0 aliphatic carbocycles. The minimum absolute atomic E-state index is 0.167. The first-order valence-electron chi connectivity index (χ1n) is 8.03. The van der Waals surface area contributed by atoms with Crippen LogP contribution >= 0.6 is 11.3 Å². The third-order valence-electron chi connectivity index (χ3n) is 4.18. The van der Waals surface area contributed by atoms with Crippen LogP contribution in [0.5, 0.6) is 5.75 Å². The Kier molecular flexibility index (Phi) is 4.26. The number of fused-ring (bicyclic) bond motifs is 1. The average Bonchev–Trinajstić information content (AvgIpc) is 3.08. The number of thiophene rings is 1. The van der Waals surface area contributed by atoms with E-state index >= 15 is 0 Å². The third kappa shape index (κ3) is 3.11. The maximum atomic E-state index is 13.0. The van der Waals surface area contributed by atoms with Gasteiger partial charge < -0.3 is 9.72 Å². The number of nitrogens with one attached hydrogen (secondary N) is 1. The van der Waals surface area contributed by atoms with Gasteiger partial charge in [-0.25, -0.2) is 9.37 Å². The van der Waals surface area contributed by atoms with Crippen molar-refractivity contribution in [3.05, 3.63) is 81.5 Å². The maximum Gasteiger partial charge on any atom is 0.260 e. The Morgan fingerprint density at radius 3 is 2.54 bits per heavy atom. The fraction of sp³-hybridized carbons (Fsp3) is 0.100. The number of halogens is 1. The Morgan fingerprint density at radius 1 is 1.12 bits per heavy atom. The second-order valence-corrected chi connectivity index (χ2v) is 6.73. The summed E-state index contributed by atoms with van der Waals surface area (Å²) in [6.07, 6.45) is 0.446. The maximum absolute atomic E-state index is 13.0. The monoisotopic (exact) mass is 366 g/mol. The Labute approximate surface area is 152 Å². The number of rotatable bonds is 4. The van der Waals surface area contributed by atoms with Gasteiger partial charge in [0.1, 0.15) is 22.2 Å². The number of ether oxygens (including phenoxy) is 1. The lowest BCUT2D eigenvalue weighted by Gasteiger charge is -2.04. The zero-order valence-electron chi connectivity index (χ0n) is 14.0. The molecule has 6 heteroatoms. The summed E-state index contributed by atoms with van der Waals surface area (Å²) in [7, 11) is 1.62. The molecule has 0 saturated heterocycles. The van der Waals surface area contributed by atoms with Crippen molar-refractivity contribution in [2.75, 3.05) is 7.11 Å². The topological polar surface area (TPSA) is 55.0 Å². The van der Waals surface area contributed by atoms with Crippen LogP contribution in [0, 0.1) is 5.82 Å². The van der Waals surface area contributed by atoms with Crippen molar-refractivity contribution >= 4 is 21.6 Å². The van der Waals surface area contributed by atoms with Gasteiger partial charge in [-0.2, -0.15) is 0 Å². The lowest BCUT2D eigenvalue weighted by molar-refractivity contribution is 0.415. The number of H-pyrrole nitrogens is 1. The molecule has 1 N–H and O–H groups in total. The van der Waals surface area contributed by atoms with Crippen LogP contribution in [0.25, 0.3) is 21.3 Å². The average molecular weight is 366 g/mol. The standard InChI is InChI=1S/C20H15FN2O2S/c1-25-15-8-4-13(5-9-15)16-11-26-20-18(16)19(24)22-17(23-20)10-12-2-6-14(21)7-3-12/h2-9,11H,10H2,1H3,(H,22,23,24). The summed E-state index contributed by atoms with van der Waals surface area (Å²) in [5, 5.41) is 2.53. The minimum Gasteiger partial charge on any atom is -0.497 e. The van der Waals surface area contributed by atoms with Gasteiger partial charge in [-0.05, 0) is 35.4 Å². The number of hydrogen-bond acceptors (Lipinski definition) is 4. The van der Waals surface area contributed by atoms with Gasteiger partial charge in [0.15, 0.2) is 0 Å². The van der Waals surface area contributed by atoms with Crippen LogP contribution in [-0.2, 0) is 6.42 Å². The van der Waals surface area contributed by atoms with Crippen LogP contribution in [0.4, 0.5) is 4.39 Å². The fourth-order valence-electron chi connectivity index (χ4n) is 2.86. The molecule has 0 spiro atoms. The summed E-state index contributed by atoms with van der Waals surface area (Å²) >= 11 is 1.44. The zero-order valence-corrected chi connectivity index (χ0v) is 14.8. The first-order chi connectivity index (χ1) is 12.6. The van der Waals surface area contributed by atoms with E-state index in [1.54, 1.807) is 19.2 Å². The second-order valence-electron chi connectivity index (χ2n) is 5.87. The molecule has 0 aliphatic heterocycles. The van der Waals surface area contributed by atoms with Gasteiger partial charge in [0, 0.05) is 17.4 Å². The summed E-state index contributed by atoms with van der Waals surface area (Å²) < 4.78 is 18.2. The molecule has 0 saturated carbocycles. The Hall–Kier alpha value is -2.99. The predicted molar refractivity (Wildman–Crippen MR) is 101 cm³/mol. The highest BCUT2D eigenvalue weighted by Gasteiger charge is 2.13. The first kappa shape index (κ1) is 16.5. The van der Waals surface area contributed by atoms with Crippen LogP contribution in [0.2, 0.25) is 0 Å². The Balaban J connectivity index is 1.72. The molecule has 130 valence electrons. The summed E-state index contributed by atoms with van der Waals surface area (Å²) in [6.45, 7) is 0. The van der Waals surface area contributed by atoms with Gasteiger partial charge in [0.25, 0.3) is 5.56 Å². The summed E-state index contributed by atoms with van der Waals surface area (Å²) in [4.78, 5) is 20.8. The highest BCUT2D eigenvalue weighted by Crippen LogP contribution is 2.31. The number of aromatic nitrogens is 2. The fourth-order valence-corrected chi connectivity index (χ4v) is 3.82. The van der Waals surface area contributed by atoms with Gasteiger partial charge >= 0.3 is 0 Å². The molecule has 4 aromatic rings. The van der Waals surface area contributed by atoms with Gasteiger partial charge in [-0.1, -0.05) is 24.3 Å². The highest BCUT2D eigenvalue weighted by atomic mass is 32.1. The lowest BCUT2D eigenvalue weighted by atomic mass is 10.1. The van der Waals surface area contributed by atoms with Crippen molar-refractivity contribution in [1.82, 2.24) is 9.97 Å². The van der Waals surface area contributed by atoms with Gasteiger partial charge in [0.2, 0.25) is 0 Å². The van der Waals surface area contributed by atoms with Gasteiger partial charge in [-0.3, -0.25) is 4.79 Å². The van der Waals surface area contributed by atoms with E-state index in [1.165, 1.54) is 23.5 Å². The van der Waals surface area contributed by atoms with E-state index in [4.69, 9.17) is 4.74 Å². The molecular formula is C20H15FN2O2S. The van der Waals surface area contributed by atoms with E-state index in [2.05, 4.69) is 9.97 Å². The molecule has 4 rings (SSSR count).